The van der Waals surface area contributed by atoms with Gasteiger partial charge in [0.2, 0.25) is 0 Å². The van der Waals surface area contributed by atoms with Crippen LogP contribution >= 0.6 is 12.4 Å². The average Bonchev–Trinajstić information content (AvgIpc) is 2.70. The third-order valence-electron chi connectivity index (χ3n) is 3.46. The minimum absolute atomic E-state index is 0. The van der Waals surface area contributed by atoms with Gasteiger partial charge in [0.05, 0.1) is 0 Å². The molecule has 0 saturated carbocycles. The third-order valence-corrected chi connectivity index (χ3v) is 3.46. The molecule has 0 saturated heterocycles. The second kappa shape index (κ2) is 5.64. The number of carbonyl (C=O) groups is 2. The summed E-state index contributed by atoms with van der Waals surface area (Å²) in [5.74, 6) is -2.82. The zero-order chi connectivity index (χ0) is 14.2. The standard InChI is InChI=1S/C14H15NO4.ClH/c1-8-2-4-9(5-3-8)10-6-14(15,13(18)19)7-11(10)12(16)17;/h2-5,7,10H,6,15H2,1H3,(H,16,17)(H,18,19);1H/t10-,14-;/m0./s1. The molecule has 2 atom stereocenters. The molecule has 0 aliphatic heterocycles. The fourth-order valence-corrected chi connectivity index (χ4v) is 2.34. The molecule has 108 valence electrons. The molecule has 0 bridgehead atoms. The van der Waals surface area contributed by atoms with E-state index in [0.29, 0.717) is 0 Å². The lowest BCUT2D eigenvalue weighted by molar-refractivity contribution is -0.141. The van der Waals surface area contributed by atoms with Crippen molar-refractivity contribution in [1.82, 2.24) is 0 Å². The second-order valence-corrected chi connectivity index (χ2v) is 4.92. The van der Waals surface area contributed by atoms with Crippen molar-refractivity contribution in [3.8, 4) is 0 Å². The van der Waals surface area contributed by atoms with Gasteiger partial charge in [-0.05, 0) is 25.0 Å². The van der Waals surface area contributed by atoms with Crippen LogP contribution in [0.5, 0.6) is 0 Å². The first-order valence-corrected chi connectivity index (χ1v) is 5.88. The van der Waals surface area contributed by atoms with Gasteiger partial charge in [-0.2, -0.15) is 0 Å². The van der Waals surface area contributed by atoms with Crippen molar-refractivity contribution in [2.75, 3.05) is 0 Å². The van der Waals surface area contributed by atoms with E-state index in [9.17, 15) is 14.7 Å². The normalized spacial score (nSPS) is 24.7. The number of nitrogens with two attached hydrogens (primary N) is 1. The third kappa shape index (κ3) is 2.84. The topological polar surface area (TPSA) is 101 Å². The van der Waals surface area contributed by atoms with Crippen LogP contribution in [0.3, 0.4) is 0 Å². The van der Waals surface area contributed by atoms with E-state index in [1.165, 1.54) is 0 Å². The molecular weight excluding hydrogens is 282 g/mol. The number of carboxylic acid groups (broad SMARTS) is 2. The molecule has 0 heterocycles. The fourth-order valence-electron chi connectivity index (χ4n) is 2.34. The maximum Gasteiger partial charge on any atom is 0.331 e. The lowest BCUT2D eigenvalue weighted by atomic mass is 9.89. The average molecular weight is 298 g/mol. The summed E-state index contributed by atoms with van der Waals surface area (Å²) in [6.45, 7) is 1.93. The van der Waals surface area contributed by atoms with Crippen LogP contribution in [0.15, 0.2) is 35.9 Å². The minimum atomic E-state index is -1.61. The van der Waals surface area contributed by atoms with Crippen LogP contribution in [0.1, 0.15) is 23.5 Å². The SMILES string of the molecule is Cc1ccc([C@@H]2C[C@@](N)(C(=O)O)C=C2C(=O)O)cc1.Cl. The van der Waals surface area contributed by atoms with E-state index >= 15 is 0 Å². The van der Waals surface area contributed by atoms with Gasteiger partial charge in [0.15, 0.2) is 0 Å². The summed E-state index contributed by atoms with van der Waals surface area (Å²) in [5, 5.41) is 18.3. The lowest BCUT2D eigenvalue weighted by Crippen LogP contribution is -2.44. The summed E-state index contributed by atoms with van der Waals surface area (Å²) in [7, 11) is 0. The predicted octanol–water partition coefficient (Wildman–Crippen LogP) is 1.70. The van der Waals surface area contributed by atoms with E-state index in [2.05, 4.69) is 0 Å². The maximum absolute atomic E-state index is 11.2. The highest BCUT2D eigenvalue weighted by molar-refractivity contribution is 5.94. The van der Waals surface area contributed by atoms with Crippen LogP contribution < -0.4 is 5.73 Å². The number of rotatable bonds is 3. The molecule has 1 aliphatic rings. The Morgan fingerprint density at radius 2 is 1.80 bits per heavy atom. The van der Waals surface area contributed by atoms with Crippen LogP contribution in [-0.2, 0) is 9.59 Å². The largest absolute Gasteiger partial charge is 0.480 e. The lowest BCUT2D eigenvalue weighted by Gasteiger charge is -2.18. The molecule has 0 fully saturated rings. The highest BCUT2D eigenvalue weighted by Crippen LogP contribution is 2.39. The van der Waals surface area contributed by atoms with Gasteiger partial charge < -0.3 is 15.9 Å². The van der Waals surface area contributed by atoms with Gasteiger partial charge in [0.1, 0.15) is 5.54 Å². The Kier molecular flexibility index (Phi) is 4.57. The van der Waals surface area contributed by atoms with E-state index in [4.69, 9.17) is 10.8 Å². The number of hydrogen-bond donors (Lipinski definition) is 3. The fraction of sp³-hybridized carbons (Fsp3) is 0.286. The first-order chi connectivity index (χ1) is 8.83. The zero-order valence-corrected chi connectivity index (χ0v) is 11.7. The Morgan fingerprint density at radius 1 is 1.25 bits per heavy atom. The van der Waals surface area contributed by atoms with Gasteiger partial charge in [-0.1, -0.05) is 29.8 Å². The van der Waals surface area contributed by atoms with Crippen molar-refractivity contribution < 1.29 is 19.8 Å². The van der Waals surface area contributed by atoms with Crippen molar-refractivity contribution in [2.45, 2.75) is 24.8 Å². The monoisotopic (exact) mass is 297 g/mol. The second-order valence-electron chi connectivity index (χ2n) is 4.92. The molecule has 0 spiro atoms. The summed E-state index contributed by atoms with van der Waals surface area (Å²) in [6.07, 6.45) is 1.22. The van der Waals surface area contributed by atoms with Crippen LogP contribution in [0.4, 0.5) is 0 Å². The molecule has 0 radical (unpaired) electrons. The highest BCUT2D eigenvalue weighted by atomic mass is 35.5. The highest BCUT2D eigenvalue weighted by Gasteiger charge is 2.44. The van der Waals surface area contributed by atoms with Crippen molar-refractivity contribution in [3.63, 3.8) is 0 Å². The van der Waals surface area contributed by atoms with Gasteiger partial charge >= 0.3 is 11.9 Å². The van der Waals surface area contributed by atoms with E-state index in [0.717, 1.165) is 17.2 Å². The number of hydrogen-bond acceptors (Lipinski definition) is 3. The molecule has 6 heteroatoms. The molecule has 20 heavy (non-hydrogen) atoms. The van der Waals surface area contributed by atoms with Crippen LogP contribution in [-0.4, -0.2) is 27.7 Å². The van der Waals surface area contributed by atoms with Gasteiger partial charge in [0.25, 0.3) is 0 Å². The molecule has 1 aromatic carbocycles. The van der Waals surface area contributed by atoms with Gasteiger partial charge in [-0.3, -0.25) is 0 Å². The maximum atomic E-state index is 11.2. The van der Waals surface area contributed by atoms with E-state index in [-0.39, 0.29) is 24.4 Å². The van der Waals surface area contributed by atoms with Gasteiger partial charge in [-0.15, -0.1) is 12.4 Å². The summed E-state index contributed by atoms with van der Waals surface area (Å²) in [4.78, 5) is 22.4. The number of aryl methyl sites for hydroxylation is 1. The number of carboxylic acids is 2. The Hall–Kier alpha value is -1.85. The van der Waals surface area contributed by atoms with Crippen LogP contribution in [0.2, 0.25) is 0 Å². The summed E-state index contributed by atoms with van der Waals surface area (Å²) in [6, 6.07) is 7.35. The quantitative estimate of drug-likeness (QED) is 0.788. The number of halogens is 1. The summed E-state index contributed by atoms with van der Waals surface area (Å²) < 4.78 is 0. The number of aliphatic carboxylic acids is 2. The first kappa shape index (κ1) is 16.2. The predicted molar refractivity (Wildman–Crippen MR) is 76.1 cm³/mol. The Morgan fingerprint density at radius 3 is 2.25 bits per heavy atom. The molecular formula is C14H16ClNO4. The van der Waals surface area contributed by atoms with Crippen molar-refractivity contribution >= 4 is 24.3 Å². The summed E-state index contributed by atoms with van der Waals surface area (Å²) >= 11 is 0. The van der Waals surface area contributed by atoms with E-state index < -0.39 is 23.4 Å². The van der Waals surface area contributed by atoms with Gasteiger partial charge in [-0.25, -0.2) is 9.59 Å². The first-order valence-electron chi connectivity index (χ1n) is 5.88. The van der Waals surface area contributed by atoms with Crippen molar-refractivity contribution in [1.29, 1.82) is 0 Å². The van der Waals surface area contributed by atoms with Crippen molar-refractivity contribution in [2.24, 2.45) is 5.73 Å². The summed E-state index contributed by atoms with van der Waals surface area (Å²) in [5.41, 5.74) is 6.02. The molecule has 1 aromatic rings. The molecule has 0 amide bonds. The Bertz CT molecular complexity index is 567. The van der Waals surface area contributed by atoms with Crippen LogP contribution in [0, 0.1) is 6.92 Å². The zero-order valence-electron chi connectivity index (χ0n) is 10.9. The van der Waals surface area contributed by atoms with Crippen molar-refractivity contribution in [3.05, 3.63) is 47.0 Å². The molecule has 1 aliphatic carbocycles. The molecule has 0 unspecified atom stereocenters. The van der Waals surface area contributed by atoms with Gasteiger partial charge in [0, 0.05) is 11.5 Å². The molecule has 2 rings (SSSR count). The molecule has 4 N–H and O–H groups in total. The smallest absolute Gasteiger partial charge is 0.331 e. The van der Waals surface area contributed by atoms with E-state index in [1.54, 1.807) is 0 Å². The minimum Gasteiger partial charge on any atom is -0.480 e. The Labute approximate surface area is 122 Å². The van der Waals surface area contributed by atoms with E-state index in [1.807, 2.05) is 31.2 Å². The Balaban J connectivity index is 0.00000200. The molecule has 5 nitrogen and oxygen atoms in total. The molecule has 0 aromatic heterocycles. The number of benzene rings is 1. The van der Waals surface area contributed by atoms with Crippen LogP contribution in [0.25, 0.3) is 0 Å².